The number of amides is 2. The summed E-state index contributed by atoms with van der Waals surface area (Å²) in [5.74, 6) is -1.78. The maximum atomic E-state index is 11.7. The molecule has 108 valence electrons. The number of benzene rings is 1. The van der Waals surface area contributed by atoms with Crippen LogP contribution in [0.2, 0.25) is 0 Å². The fourth-order valence-corrected chi connectivity index (χ4v) is 1.70. The summed E-state index contributed by atoms with van der Waals surface area (Å²) < 4.78 is 0. The van der Waals surface area contributed by atoms with Crippen molar-refractivity contribution in [2.75, 3.05) is 6.54 Å². The largest absolute Gasteiger partial charge is 0.481 e. The van der Waals surface area contributed by atoms with Crippen LogP contribution in [-0.4, -0.2) is 35.0 Å². The van der Waals surface area contributed by atoms with Gasteiger partial charge in [0.25, 0.3) is 5.91 Å². The molecule has 0 aliphatic heterocycles. The van der Waals surface area contributed by atoms with E-state index in [9.17, 15) is 14.4 Å². The van der Waals surface area contributed by atoms with Crippen molar-refractivity contribution in [3.05, 3.63) is 35.9 Å². The Balaban J connectivity index is 2.44. The lowest BCUT2D eigenvalue weighted by atomic mass is 10.0. The zero-order chi connectivity index (χ0) is 15.2. The first-order valence-corrected chi connectivity index (χ1v) is 6.16. The Hall–Kier alpha value is -2.37. The van der Waals surface area contributed by atoms with Crippen molar-refractivity contribution < 1.29 is 19.5 Å². The molecule has 20 heavy (non-hydrogen) atoms. The average molecular weight is 278 g/mol. The van der Waals surface area contributed by atoms with E-state index in [1.54, 1.807) is 44.2 Å². The number of rotatable bonds is 6. The van der Waals surface area contributed by atoms with Crippen LogP contribution in [0.4, 0.5) is 0 Å². The molecule has 6 nitrogen and oxygen atoms in total. The maximum absolute atomic E-state index is 11.7. The topological polar surface area (TPSA) is 95.5 Å². The van der Waals surface area contributed by atoms with Gasteiger partial charge in [-0.1, -0.05) is 18.2 Å². The minimum atomic E-state index is -0.997. The van der Waals surface area contributed by atoms with Crippen molar-refractivity contribution >= 4 is 17.8 Å². The van der Waals surface area contributed by atoms with Gasteiger partial charge in [-0.3, -0.25) is 14.4 Å². The summed E-state index contributed by atoms with van der Waals surface area (Å²) in [6.07, 6.45) is -0.189. The standard InChI is InChI=1S/C14H18N2O4/c1-14(2,8-12(18)19)16-11(17)9-15-13(20)10-6-4-3-5-7-10/h3-7H,8-9H2,1-2H3,(H,15,20)(H,16,17)(H,18,19). The molecular weight excluding hydrogens is 260 g/mol. The van der Waals surface area contributed by atoms with Crippen molar-refractivity contribution in [2.24, 2.45) is 0 Å². The van der Waals surface area contributed by atoms with Gasteiger partial charge in [0.15, 0.2) is 0 Å². The molecule has 0 aliphatic rings. The number of carboxylic acid groups (broad SMARTS) is 1. The van der Waals surface area contributed by atoms with E-state index in [-0.39, 0.29) is 18.9 Å². The van der Waals surface area contributed by atoms with Crippen LogP contribution in [-0.2, 0) is 9.59 Å². The van der Waals surface area contributed by atoms with E-state index >= 15 is 0 Å². The van der Waals surface area contributed by atoms with Crippen molar-refractivity contribution in [1.29, 1.82) is 0 Å². The Morgan fingerprint density at radius 3 is 2.30 bits per heavy atom. The molecular formula is C14H18N2O4. The van der Waals surface area contributed by atoms with E-state index in [0.717, 1.165) is 0 Å². The SMILES string of the molecule is CC(C)(CC(=O)O)NC(=O)CNC(=O)c1ccccc1. The maximum Gasteiger partial charge on any atom is 0.305 e. The lowest BCUT2D eigenvalue weighted by molar-refractivity contribution is -0.138. The van der Waals surface area contributed by atoms with Gasteiger partial charge in [0.1, 0.15) is 0 Å². The second-order valence-electron chi connectivity index (χ2n) is 5.05. The van der Waals surface area contributed by atoms with Crippen LogP contribution in [0.5, 0.6) is 0 Å². The zero-order valence-corrected chi connectivity index (χ0v) is 11.5. The van der Waals surface area contributed by atoms with Crippen LogP contribution >= 0.6 is 0 Å². The van der Waals surface area contributed by atoms with Crippen LogP contribution in [0.3, 0.4) is 0 Å². The molecule has 0 fully saturated rings. The molecule has 0 saturated carbocycles. The Morgan fingerprint density at radius 2 is 1.75 bits per heavy atom. The van der Waals surface area contributed by atoms with Crippen LogP contribution in [0.15, 0.2) is 30.3 Å². The molecule has 2 amide bonds. The summed E-state index contributed by atoms with van der Waals surface area (Å²) in [5, 5.41) is 13.7. The summed E-state index contributed by atoms with van der Waals surface area (Å²) in [6, 6.07) is 8.52. The number of carboxylic acids is 1. The summed E-state index contributed by atoms with van der Waals surface area (Å²) in [6.45, 7) is 3.02. The fourth-order valence-electron chi connectivity index (χ4n) is 1.70. The summed E-state index contributed by atoms with van der Waals surface area (Å²) >= 11 is 0. The fraction of sp³-hybridized carbons (Fsp3) is 0.357. The highest BCUT2D eigenvalue weighted by molar-refractivity contribution is 5.96. The monoisotopic (exact) mass is 278 g/mol. The van der Waals surface area contributed by atoms with E-state index in [1.807, 2.05) is 0 Å². The zero-order valence-electron chi connectivity index (χ0n) is 11.5. The first-order chi connectivity index (χ1) is 9.30. The molecule has 0 aromatic heterocycles. The van der Waals surface area contributed by atoms with Gasteiger partial charge in [-0.2, -0.15) is 0 Å². The van der Waals surface area contributed by atoms with E-state index < -0.39 is 17.4 Å². The predicted molar refractivity (Wildman–Crippen MR) is 73.2 cm³/mol. The van der Waals surface area contributed by atoms with Crippen LogP contribution < -0.4 is 10.6 Å². The molecule has 1 aromatic rings. The third kappa shape index (κ3) is 5.51. The first-order valence-electron chi connectivity index (χ1n) is 6.16. The molecule has 1 rings (SSSR count). The molecule has 0 bridgehead atoms. The molecule has 0 radical (unpaired) electrons. The molecule has 6 heteroatoms. The molecule has 0 aliphatic carbocycles. The van der Waals surface area contributed by atoms with Gasteiger partial charge in [0, 0.05) is 11.1 Å². The van der Waals surface area contributed by atoms with Crippen molar-refractivity contribution in [1.82, 2.24) is 10.6 Å². The second kappa shape index (κ2) is 6.70. The Kier molecular flexibility index (Phi) is 5.25. The summed E-state index contributed by atoms with van der Waals surface area (Å²) in [4.78, 5) is 34.0. The average Bonchev–Trinajstić information content (AvgIpc) is 2.34. The first kappa shape index (κ1) is 15.7. The lowest BCUT2D eigenvalue weighted by Gasteiger charge is -2.24. The number of nitrogens with one attached hydrogen (secondary N) is 2. The summed E-state index contributed by atoms with van der Waals surface area (Å²) in [7, 11) is 0. The quantitative estimate of drug-likeness (QED) is 0.716. The van der Waals surface area contributed by atoms with Crippen molar-refractivity contribution in [2.45, 2.75) is 25.8 Å². The van der Waals surface area contributed by atoms with E-state index in [4.69, 9.17) is 5.11 Å². The Labute approximate surface area is 117 Å². The van der Waals surface area contributed by atoms with Gasteiger partial charge in [-0.05, 0) is 26.0 Å². The lowest BCUT2D eigenvalue weighted by Crippen LogP contribution is -2.48. The van der Waals surface area contributed by atoms with Crippen molar-refractivity contribution in [3.8, 4) is 0 Å². The predicted octanol–water partition coefficient (Wildman–Crippen LogP) is 0.786. The number of hydrogen-bond donors (Lipinski definition) is 3. The van der Waals surface area contributed by atoms with Crippen LogP contribution in [0, 0.1) is 0 Å². The van der Waals surface area contributed by atoms with Crippen molar-refractivity contribution in [3.63, 3.8) is 0 Å². The normalized spacial score (nSPS) is 10.7. The number of hydrogen-bond acceptors (Lipinski definition) is 3. The molecule has 0 atom stereocenters. The van der Waals surface area contributed by atoms with Gasteiger partial charge < -0.3 is 15.7 Å². The van der Waals surface area contributed by atoms with Gasteiger partial charge in [-0.15, -0.1) is 0 Å². The van der Waals surface area contributed by atoms with E-state index in [0.29, 0.717) is 5.56 Å². The van der Waals surface area contributed by atoms with Crippen LogP contribution in [0.25, 0.3) is 0 Å². The molecule has 0 unspecified atom stereocenters. The van der Waals surface area contributed by atoms with Gasteiger partial charge >= 0.3 is 5.97 Å². The Bertz CT molecular complexity index is 497. The second-order valence-corrected chi connectivity index (χ2v) is 5.05. The minimum absolute atomic E-state index is 0.189. The third-order valence-electron chi connectivity index (χ3n) is 2.52. The van der Waals surface area contributed by atoms with Gasteiger partial charge in [-0.25, -0.2) is 0 Å². The molecule has 1 aromatic carbocycles. The van der Waals surface area contributed by atoms with Crippen LogP contribution in [0.1, 0.15) is 30.6 Å². The highest BCUT2D eigenvalue weighted by Gasteiger charge is 2.23. The number of carbonyl (C=O) groups is 3. The highest BCUT2D eigenvalue weighted by atomic mass is 16.4. The smallest absolute Gasteiger partial charge is 0.305 e. The molecule has 0 saturated heterocycles. The highest BCUT2D eigenvalue weighted by Crippen LogP contribution is 2.07. The number of carbonyl (C=O) groups excluding carboxylic acids is 2. The molecule has 0 heterocycles. The molecule has 0 spiro atoms. The third-order valence-corrected chi connectivity index (χ3v) is 2.52. The van der Waals surface area contributed by atoms with Gasteiger partial charge in [0.2, 0.25) is 5.91 Å². The molecule has 3 N–H and O–H groups in total. The minimum Gasteiger partial charge on any atom is -0.481 e. The van der Waals surface area contributed by atoms with E-state index in [2.05, 4.69) is 10.6 Å². The Morgan fingerprint density at radius 1 is 1.15 bits per heavy atom. The van der Waals surface area contributed by atoms with E-state index in [1.165, 1.54) is 0 Å². The number of aliphatic carboxylic acids is 1. The van der Waals surface area contributed by atoms with Gasteiger partial charge in [0.05, 0.1) is 13.0 Å². The summed E-state index contributed by atoms with van der Waals surface area (Å²) in [5.41, 5.74) is -0.398.